The molecule has 5 unspecified atom stereocenters. The fourth-order valence-electron chi connectivity index (χ4n) is 10.7. The molecule has 0 radical (unpaired) electrons. The molecule has 17 atom stereocenters. The maximum absolute atomic E-state index is 12.2. The number of hydrogen-bond acceptors (Lipinski definition) is 25. The first kappa shape index (κ1) is 71.4. The number of rotatable bonds is 42. The molecule has 0 aromatic heterocycles. The summed E-state index contributed by atoms with van der Waals surface area (Å²) in [4.78, 5) is 8.73. The van der Waals surface area contributed by atoms with Crippen molar-refractivity contribution < 1.29 is 108 Å². The van der Waals surface area contributed by atoms with Crippen molar-refractivity contribution in [3.8, 4) is 0 Å². The highest BCUT2D eigenvalue weighted by atomic mass is 16.8. The predicted octanol–water partition coefficient (Wildman–Crippen LogP) is -3.42. The summed E-state index contributed by atoms with van der Waals surface area (Å²) in [7, 11) is 0. The Morgan fingerprint density at radius 3 is 1.20 bits per heavy atom. The fraction of sp³-hybridized carbons (Fsp3) is 1.00. The van der Waals surface area contributed by atoms with Crippen LogP contribution in [0, 0.1) is 0 Å². The third-order valence-electron chi connectivity index (χ3n) is 17.1. The number of aliphatic hydroxyl groups is 10. The SMILES string of the molecule is CCN(CC)CCOCC1O[C@@H](O[C@]2(CO[C@]3(CO[C@]4(CO)O[C@H](COCCN(CC)CC)C(O)[C@@H]4O)O[C@H](COCCN(CC)CC)C(O)[C@@H]3O)O[C@H](COCC[N+](CC)(CC)CCN(CC)CC)C(O)[C@@H]2O)C(O)[C@@H](O)[C@H]1O. The van der Waals surface area contributed by atoms with Crippen LogP contribution < -0.4 is 0 Å². The minimum absolute atomic E-state index is 0.197. The lowest BCUT2D eigenvalue weighted by atomic mass is 9.98. The first-order chi connectivity index (χ1) is 38.3. The van der Waals surface area contributed by atoms with Crippen LogP contribution in [0.2, 0.25) is 0 Å². The van der Waals surface area contributed by atoms with Crippen LogP contribution in [-0.4, -0.2) is 356 Å². The van der Waals surface area contributed by atoms with Crippen LogP contribution in [0.3, 0.4) is 0 Å². The first-order valence-electron chi connectivity index (χ1n) is 29.7. The van der Waals surface area contributed by atoms with Gasteiger partial charge in [0.2, 0.25) is 17.4 Å². The van der Waals surface area contributed by atoms with E-state index in [1.807, 2.05) is 41.5 Å². The molecule has 4 aliphatic heterocycles. The molecule has 4 aliphatic rings. The van der Waals surface area contributed by atoms with Crippen LogP contribution in [0.15, 0.2) is 0 Å². The lowest BCUT2D eigenvalue weighted by Crippen LogP contribution is -2.64. The Kier molecular flexibility index (Phi) is 31.2. The Morgan fingerprint density at radius 2 is 0.762 bits per heavy atom. The highest BCUT2D eigenvalue weighted by Crippen LogP contribution is 2.42. The second-order valence-corrected chi connectivity index (χ2v) is 21.4. The maximum atomic E-state index is 12.2. The Morgan fingerprint density at radius 1 is 0.400 bits per heavy atom. The summed E-state index contributed by atoms with van der Waals surface area (Å²) in [6.45, 7) is 29.8. The van der Waals surface area contributed by atoms with Crippen LogP contribution in [0.5, 0.6) is 0 Å². The quantitative estimate of drug-likeness (QED) is 0.0210. The average molecular weight is 1160 g/mol. The summed E-state index contributed by atoms with van der Waals surface area (Å²) in [5.41, 5.74) is 0. The molecule has 10 N–H and O–H groups in total. The monoisotopic (exact) mass is 1160 g/mol. The second kappa shape index (κ2) is 34.9. The molecule has 0 aromatic rings. The van der Waals surface area contributed by atoms with E-state index in [0.29, 0.717) is 26.2 Å². The lowest BCUT2D eigenvalue weighted by molar-refractivity contribution is -0.924. The van der Waals surface area contributed by atoms with Gasteiger partial charge in [0.25, 0.3) is 0 Å². The highest BCUT2D eigenvalue weighted by Gasteiger charge is 2.64. The molecule has 26 heteroatoms. The Hall–Kier alpha value is -1.04. The molecule has 4 saturated heterocycles. The van der Waals surface area contributed by atoms with Gasteiger partial charge in [-0.25, -0.2) is 0 Å². The van der Waals surface area contributed by atoms with Crippen LogP contribution in [-0.2, 0) is 52.1 Å². The molecule has 0 spiro atoms. The van der Waals surface area contributed by atoms with Crippen LogP contribution in [0.4, 0.5) is 0 Å². The van der Waals surface area contributed by atoms with Crippen molar-refractivity contribution in [1.82, 2.24) is 19.6 Å². The highest BCUT2D eigenvalue weighted by molar-refractivity contribution is 5.03. The van der Waals surface area contributed by atoms with Gasteiger partial charge in [0.1, 0.15) is 106 Å². The summed E-state index contributed by atoms with van der Waals surface area (Å²) in [6, 6.07) is 0. The zero-order valence-electron chi connectivity index (χ0n) is 49.9. The molecule has 0 bridgehead atoms. The second-order valence-electron chi connectivity index (χ2n) is 21.4. The molecular weight excluding hydrogens is 1050 g/mol. The fourth-order valence-corrected chi connectivity index (χ4v) is 10.7. The molecule has 474 valence electrons. The molecule has 4 rings (SSSR count). The number of quaternary nitrogens is 1. The van der Waals surface area contributed by atoms with Crippen molar-refractivity contribution >= 4 is 0 Å². The standard InChI is InChI=1S/C54H108N5O21/c1-11-55(12-2)21-25-59(19-9,20-10)26-30-73-34-41-45(64)50(69)54(79-41,80-51-47(66)46(65)42(61)38(76-51)31-70-27-22-56(13-3)14-4)37-75-53(49(68)44(63)40(78-53)33-72-29-24-58(17-7)18-8)36-74-52(35-60)48(67)43(62)39(77-52)32-71-28-23-57(15-5)16-6/h38-51,60-69H,11-37H2,1-10H3/q+1/t38?,39-,40-,41-,42+,43?,44?,45?,46+,47?,48+,49+,50+,51+,52-,53-,54+/m1/s1. The van der Waals surface area contributed by atoms with Crippen molar-refractivity contribution in [2.45, 2.75) is 172 Å². The average Bonchev–Trinajstić information content (AvgIpc) is 4.19. The molecule has 4 fully saturated rings. The summed E-state index contributed by atoms with van der Waals surface area (Å²) in [5.74, 6) is -7.50. The summed E-state index contributed by atoms with van der Waals surface area (Å²) in [5, 5.41) is 115. The normalized spacial score (nSPS) is 35.1. The van der Waals surface area contributed by atoms with E-state index < -0.39 is 123 Å². The third kappa shape index (κ3) is 18.5. The minimum atomic E-state index is -2.59. The van der Waals surface area contributed by atoms with E-state index in [4.69, 9.17) is 52.1 Å². The van der Waals surface area contributed by atoms with Crippen molar-refractivity contribution in [3.63, 3.8) is 0 Å². The van der Waals surface area contributed by atoms with E-state index >= 15 is 0 Å². The van der Waals surface area contributed by atoms with Gasteiger partial charge in [0, 0.05) is 26.2 Å². The van der Waals surface area contributed by atoms with Gasteiger partial charge in [-0.3, -0.25) is 4.90 Å². The largest absolute Gasteiger partial charge is 0.391 e. The van der Waals surface area contributed by atoms with Gasteiger partial charge in [-0.15, -0.1) is 0 Å². The molecule has 4 heterocycles. The van der Waals surface area contributed by atoms with Gasteiger partial charge in [-0.1, -0.05) is 55.4 Å². The zero-order chi connectivity index (χ0) is 59.3. The van der Waals surface area contributed by atoms with Crippen LogP contribution in [0.25, 0.3) is 0 Å². The van der Waals surface area contributed by atoms with Gasteiger partial charge in [-0.2, -0.15) is 0 Å². The number of hydrogen-bond donors (Lipinski definition) is 10. The summed E-state index contributed by atoms with van der Waals surface area (Å²) >= 11 is 0. The smallest absolute Gasteiger partial charge is 0.224 e. The molecule has 80 heavy (non-hydrogen) atoms. The van der Waals surface area contributed by atoms with Gasteiger partial charge >= 0.3 is 0 Å². The number of aliphatic hydroxyl groups excluding tert-OH is 10. The zero-order valence-corrected chi connectivity index (χ0v) is 49.9. The van der Waals surface area contributed by atoms with Crippen molar-refractivity contribution in [1.29, 1.82) is 0 Å². The summed E-state index contributed by atoms with van der Waals surface area (Å²) < 4.78 is 68.4. The van der Waals surface area contributed by atoms with E-state index in [0.717, 1.165) is 83.0 Å². The van der Waals surface area contributed by atoms with Crippen LogP contribution >= 0.6 is 0 Å². The van der Waals surface area contributed by atoms with Crippen molar-refractivity contribution in [2.75, 3.05) is 177 Å². The van der Waals surface area contributed by atoms with E-state index in [1.165, 1.54) is 0 Å². The predicted molar refractivity (Wildman–Crippen MR) is 291 cm³/mol. The van der Waals surface area contributed by atoms with E-state index in [2.05, 4.69) is 47.3 Å². The molecule has 0 aliphatic carbocycles. The number of ether oxygens (including phenoxy) is 11. The van der Waals surface area contributed by atoms with E-state index in [-0.39, 0.29) is 52.9 Å². The molecular formula is C54H108N5O21+. The molecule has 0 amide bonds. The minimum Gasteiger partial charge on any atom is -0.391 e. The van der Waals surface area contributed by atoms with Crippen molar-refractivity contribution in [3.05, 3.63) is 0 Å². The van der Waals surface area contributed by atoms with Crippen molar-refractivity contribution in [2.24, 2.45) is 0 Å². The van der Waals surface area contributed by atoms with E-state index in [9.17, 15) is 51.1 Å². The number of nitrogens with zero attached hydrogens (tertiary/aromatic N) is 5. The molecule has 26 nitrogen and oxygen atoms in total. The Labute approximate surface area is 475 Å². The van der Waals surface area contributed by atoms with Gasteiger partial charge in [0.05, 0.1) is 72.5 Å². The number of likely N-dealkylation sites (N-methyl/N-ethyl adjacent to an activating group) is 5. The van der Waals surface area contributed by atoms with Gasteiger partial charge in [0.15, 0.2) is 6.29 Å². The maximum Gasteiger partial charge on any atom is 0.224 e. The summed E-state index contributed by atoms with van der Waals surface area (Å²) in [6.07, 6.45) is -23.7. The Balaban J connectivity index is 1.69. The van der Waals surface area contributed by atoms with Gasteiger partial charge < -0.3 is 122 Å². The topological polar surface area (TPSA) is 317 Å². The molecule has 0 aromatic carbocycles. The van der Waals surface area contributed by atoms with Gasteiger partial charge in [-0.05, 0) is 66.2 Å². The Bertz CT molecular complexity index is 1660. The van der Waals surface area contributed by atoms with E-state index in [1.54, 1.807) is 0 Å². The third-order valence-corrected chi connectivity index (χ3v) is 17.1. The lowest BCUT2D eigenvalue weighted by Gasteiger charge is -2.45. The van der Waals surface area contributed by atoms with Crippen LogP contribution in [0.1, 0.15) is 69.2 Å². The first-order valence-corrected chi connectivity index (χ1v) is 29.7. The molecule has 0 saturated carbocycles.